The third kappa shape index (κ3) is 2.55. The summed E-state index contributed by atoms with van der Waals surface area (Å²) >= 11 is 6.07. The van der Waals surface area contributed by atoms with Gasteiger partial charge in [0, 0.05) is 11.4 Å². The molecule has 0 atom stereocenters. The molecule has 2 aromatic carbocycles. The molecule has 18 heavy (non-hydrogen) atoms. The molecule has 0 aromatic heterocycles. The van der Waals surface area contributed by atoms with Crippen molar-refractivity contribution in [3.8, 4) is 6.07 Å². The number of nitrogens with one attached hydrogen (secondary N) is 1. The summed E-state index contributed by atoms with van der Waals surface area (Å²) < 4.78 is 0. The third-order valence-corrected chi connectivity index (χ3v) is 2.98. The van der Waals surface area contributed by atoms with Crippen molar-refractivity contribution in [2.75, 3.05) is 11.1 Å². The van der Waals surface area contributed by atoms with E-state index in [4.69, 9.17) is 22.6 Å². The maximum absolute atomic E-state index is 8.86. The third-order valence-electron chi connectivity index (χ3n) is 2.65. The number of anilines is 3. The summed E-state index contributed by atoms with van der Waals surface area (Å²) in [5, 5.41) is 12.6. The van der Waals surface area contributed by atoms with Gasteiger partial charge in [0.05, 0.1) is 22.3 Å². The predicted octanol–water partition coefficient (Wildman–Crippen LogP) is 3.85. The molecular weight excluding hydrogens is 246 g/mol. The zero-order valence-corrected chi connectivity index (χ0v) is 10.6. The van der Waals surface area contributed by atoms with E-state index < -0.39 is 0 Å². The SMILES string of the molecule is Cc1ccc(Nc2cc(C#N)ccc2Cl)cc1N. The van der Waals surface area contributed by atoms with Crippen molar-refractivity contribution in [3.05, 3.63) is 52.5 Å². The molecule has 0 saturated heterocycles. The molecule has 0 spiro atoms. The fraction of sp³-hybridized carbons (Fsp3) is 0.0714. The number of hydrogen-bond acceptors (Lipinski definition) is 3. The second kappa shape index (κ2) is 4.99. The molecule has 2 aromatic rings. The Labute approximate surface area is 111 Å². The molecule has 0 aliphatic heterocycles. The Hall–Kier alpha value is -2.18. The summed E-state index contributed by atoms with van der Waals surface area (Å²) in [5.74, 6) is 0. The number of rotatable bonds is 2. The summed E-state index contributed by atoms with van der Waals surface area (Å²) in [5.41, 5.74) is 9.68. The first-order valence-corrected chi connectivity index (χ1v) is 5.81. The molecule has 90 valence electrons. The second-order valence-corrected chi connectivity index (χ2v) is 4.41. The van der Waals surface area contributed by atoms with Crippen molar-refractivity contribution in [2.24, 2.45) is 0 Å². The van der Waals surface area contributed by atoms with Gasteiger partial charge in [-0.3, -0.25) is 0 Å². The summed E-state index contributed by atoms with van der Waals surface area (Å²) in [6, 6.07) is 12.8. The van der Waals surface area contributed by atoms with Gasteiger partial charge >= 0.3 is 0 Å². The van der Waals surface area contributed by atoms with Crippen molar-refractivity contribution in [1.29, 1.82) is 5.26 Å². The molecule has 4 heteroatoms. The van der Waals surface area contributed by atoms with Gasteiger partial charge in [0.25, 0.3) is 0 Å². The first kappa shape index (κ1) is 12.3. The van der Waals surface area contributed by atoms with Crippen LogP contribution >= 0.6 is 11.6 Å². The highest BCUT2D eigenvalue weighted by atomic mass is 35.5. The van der Waals surface area contributed by atoms with Gasteiger partial charge in [-0.15, -0.1) is 0 Å². The highest BCUT2D eigenvalue weighted by Crippen LogP contribution is 2.27. The summed E-state index contributed by atoms with van der Waals surface area (Å²) in [6.45, 7) is 1.95. The highest BCUT2D eigenvalue weighted by Gasteiger charge is 2.03. The number of nitrogens with zero attached hydrogens (tertiary/aromatic N) is 1. The van der Waals surface area contributed by atoms with Crippen molar-refractivity contribution in [1.82, 2.24) is 0 Å². The van der Waals surface area contributed by atoms with Crippen molar-refractivity contribution >= 4 is 28.7 Å². The molecule has 0 aliphatic carbocycles. The van der Waals surface area contributed by atoms with Crippen LogP contribution in [0.4, 0.5) is 17.1 Å². The number of aryl methyl sites for hydroxylation is 1. The minimum atomic E-state index is 0.557. The Morgan fingerprint density at radius 2 is 2.00 bits per heavy atom. The van der Waals surface area contributed by atoms with Crippen molar-refractivity contribution < 1.29 is 0 Å². The summed E-state index contributed by atoms with van der Waals surface area (Å²) in [7, 11) is 0. The van der Waals surface area contributed by atoms with Crippen molar-refractivity contribution in [3.63, 3.8) is 0 Å². The normalized spacial score (nSPS) is 9.83. The van der Waals surface area contributed by atoms with Crippen LogP contribution in [0.15, 0.2) is 36.4 Å². The second-order valence-electron chi connectivity index (χ2n) is 4.00. The Kier molecular flexibility index (Phi) is 3.40. The van der Waals surface area contributed by atoms with Gasteiger partial charge in [-0.2, -0.15) is 5.26 Å². The lowest BCUT2D eigenvalue weighted by Crippen LogP contribution is -1.95. The van der Waals surface area contributed by atoms with Crippen LogP contribution < -0.4 is 11.1 Å². The van der Waals surface area contributed by atoms with E-state index >= 15 is 0 Å². The van der Waals surface area contributed by atoms with Gasteiger partial charge in [-0.25, -0.2) is 0 Å². The maximum Gasteiger partial charge on any atom is 0.0992 e. The molecule has 0 unspecified atom stereocenters. The Balaban J connectivity index is 2.33. The minimum absolute atomic E-state index is 0.557. The molecule has 0 amide bonds. The predicted molar refractivity (Wildman–Crippen MR) is 75.0 cm³/mol. The van der Waals surface area contributed by atoms with Crippen LogP contribution in [0.2, 0.25) is 5.02 Å². The monoisotopic (exact) mass is 257 g/mol. The smallest absolute Gasteiger partial charge is 0.0992 e. The minimum Gasteiger partial charge on any atom is -0.398 e. The van der Waals surface area contributed by atoms with Gasteiger partial charge < -0.3 is 11.1 Å². The van der Waals surface area contributed by atoms with Crippen molar-refractivity contribution in [2.45, 2.75) is 6.92 Å². The van der Waals surface area contributed by atoms with Gasteiger partial charge in [0.15, 0.2) is 0 Å². The van der Waals surface area contributed by atoms with E-state index in [0.717, 1.165) is 11.3 Å². The standard InChI is InChI=1S/C14H12ClN3/c1-9-2-4-11(7-13(9)17)18-14-6-10(8-16)3-5-12(14)15/h2-7,18H,17H2,1H3. The number of nitriles is 1. The average molecular weight is 258 g/mol. The van der Waals surface area contributed by atoms with Crippen LogP contribution in [0.1, 0.15) is 11.1 Å². The van der Waals surface area contributed by atoms with Gasteiger partial charge in [0.1, 0.15) is 0 Å². The Morgan fingerprint density at radius 1 is 1.22 bits per heavy atom. The molecule has 0 radical (unpaired) electrons. The fourth-order valence-corrected chi connectivity index (χ4v) is 1.73. The van der Waals surface area contributed by atoms with Crippen LogP contribution in [0.25, 0.3) is 0 Å². The number of halogens is 1. The molecule has 0 bridgehead atoms. The van der Waals surface area contributed by atoms with E-state index in [-0.39, 0.29) is 0 Å². The van der Waals surface area contributed by atoms with Gasteiger partial charge in [0.2, 0.25) is 0 Å². The Morgan fingerprint density at radius 3 is 2.67 bits per heavy atom. The van der Waals surface area contributed by atoms with E-state index in [0.29, 0.717) is 22.0 Å². The summed E-state index contributed by atoms with van der Waals surface area (Å²) in [4.78, 5) is 0. The number of hydrogen-bond donors (Lipinski definition) is 2. The van der Waals surface area contributed by atoms with Crippen LogP contribution in [0, 0.1) is 18.3 Å². The summed E-state index contributed by atoms with van der Waals surface area (Å²) in [6.07, 6.45) is 0. The van der Waals surface area contributed by atoms with E-state index in [9.17, 15) is 0 Å². The topological polar surface area (TPSA) is 61.8 Å². The number of nitrogen functional groups attached to an aromatic ring is 1. The molecule has 0 saturated carbocycles. The lowest BCUT2D eigenvalue weighted by molar-refractivity contribution is 1.44. The van der Waals surface area contributed by atoms with E-state index in [1.165, 1.54) is 0 Å². The number of nitrogens with two attached hydrogens (primary N) is 1. The van der Waals surface area contributed by atoms with Crippen LogP contribution in [0.3, 0.4) is 0 Å². The fourth-order valence-electron chi connectivity index (χ4n) is 1.56. The zero-order chi connectivity index (χ0) is 13.1. The molecule has 3 nitrogen and oxygen atoms in total. The largest absolute Gasteiger partial charge is 0.398 e. The van der Waals surface area contributed by atoms with E-state index in [1.807, 2.05) is 25.1 Å². The number of benzene rings is 2. The zero-order valence-electron chi connectivity index (χ0n) is 9.87. The molecule has 0 heterocycles. The average Bonchev–Trinajstić information content (AvgIpc) is 2.36. The first-order chi connectivity index (χ1) is 8.60. The molecule has 2 rings (SSSR count). The van der Waals surface area contributed by atoms with Crippen LogP contribution in [-0.4, -0.2) is 0 Å². The van der Waals surface area contributed by atoms with E-state index in [2.05, 4.69) is 11.4 Å². The molecule has 0 fully saturated rings. The molecular formula is C14H12ClN3. The lowest BCUT2D eigenvalue weighted by Gasteiger charge is -2.10. The van der Waals surface area contributed by atoms with E-state index in [1.54, 1.807) is 18.2 Å². The first-order valence-electron chi connectivity index (χ1n) is 5.43. The lowest BCUT2D eigenvalue weighted by atomic mass is 10.1. The van der Waals surface area contributed by atoms with Crippen LogP contribution in [0.5, 0.6) is 0 Å². The van der Waals surface area contributed by atoms with Crippen LogP contribution in [-0.2, 0) is 0 Å². The highest BCUT2D eigenvalue weighted by molar-refractivity contribution is 6.33. The molecule has 3 N–H and O–H groups in total. The quantitative estimate of drug-likeness (QED) is 0.804. The van der Waals surface area contributed by atoms with Gasteiger partial charge in [-0.1, -0.05) is 17.7 Å². The van der Waals surface area contributed by atoms with Gasteiger partial charge in [-0.05, 0) is 42.8 Å². The Bertz CT molecular complexity index is 629. The molecule has 0 aliphatic rings. The maximum atomic E-state index is 8.86.